The number of nitrogens with one attached hydrogen (secondary N) is 4. The first-order chi connectivity index (χ1) is 34.2. The predicted octanol–water partition coefficient (Wildman–Crippen LogP) is 5.93. The minimum atomic E-state index is -0.158. The minimum Gasteiger partial charge on any atom is -0.300 e. The maximum atomic E-state index is 12.2. The molecule has 0 bridgehead atoms. The summed E-state index contributed by atoms with van der Waals surface area (Å²) in [6, 6.07) is 21.9. The van der Waals surface area contributed by atoms with Gasteiger partial charge in [-0.1, -0.05) is 69.6 Å². The van der Waals surface area contributed by atoms with Crippen LogP contribution in [0.4, 0.5) is 20.5 Å². The zero-order chi connectivity index (χ0) is 48.1. The summed E-state index contributed by atoms with van der Waals surface area (Å²) in [5.74, 6) is 1.39. The van der Waals surface area contributed by atoms with Gasteiger partial charge < -0.3 is 21.3 Å². The number of carbonyl (C=O) groups excluding carboxylic acids is 4. The van der Waals surface area contributed by atoms with Crippen LogP contribution < -0.4 is 21.3 Å². The van der Waals surface area contributed by atoms with Crippen LogP contribution in [0, 0.1) is 23.7 Å². The fraction of sp³-hybridized carbons (Fsp3) is 0.304. The predicted molar refractivity (Wildman–Crippen MR) is 264 cm³/mol. The average molecular weight is 1010 g/mol. The Morgan fingerprint density at radius 3 is 0.829 bits per heavy atom. The van der Waals surface area contributed by atoms with Gasteiger partial charge >= 0.3 is 0 Å². The van der Waals surface area contributed by atoms with E-state index in [2.05, 4.69) is 82.0 Å². The van der Waals surface area contributed by atoms with Crippen molar-refractivity contribution in [3.63, 3.8) is 0 Å². The minimum absolute atomic E-state index is 0.158. The summed E-state index contributed by atoms with van der Waals surface area (Å²) >= 11 is 5.63. The lowest BCUT2D eigenvalue weighted by Gasteiger charge is -2.00. The molecule has 2 saturated carbocycles. The Morgan fingerprint density at radius 2 is 0.614 bits per heavy atom. The van der Waals surface area contributed by atoms with E-state index < -0.39 is 0 Å². The first-order valence-corrected chi connectivity index (χ1v) is 25.6. The van der Waals surface area contributed by atoms with Crippen LogP contribution in [0.5, 0.6) is 0 Å². The molecule has 4 atom stereocenters. The molecule has 24 heteroatoms. The Bertz CT molecular complexity index is 2590. The highest BCUT2D eigenvalue weighted by Crippen LogP contribution is 2.45. The molecule has 70 heavy (non-hydrogen) atoms. The van der Waals surface area contributed by atoms with Crippen LogP contribution in [0.25, 0.3) is 0 Å². The number of amides is 4. The van der Waals surface area contributed by atoms with E-state index in [0.29, 0.717) is 67.0 Å². The van der Waals surface area contributed by atoms with E-state index in [9.17, 15) is 19.2 Å². The van der Waals surface area contributed by atoms with Gasteiger partial charge in [0.25, 0.3) is 0 Å². The molecule has 0 spiro atoms. The van der Waals surface area contributed by atoms with Gasteiger partial charge in [0.15, 0.2) is 0 Å². The molecule has 0 aliphatic heterocycles. The third kappa shape index (κ3) is 14.9. The number of aromatic nitrogens is 12. The molecule has 0 radical (unpaired) electrons. The van der Waals surface area contributed by atoms with Gasteiger partial charge in [0.1, 0.15) is 20.0 Å². The third-order valence-electron chi connectivity index (χ3n) is 11.0. The van der Waals surface area contributed by atoms with Crippen LogP contribution in [0.15, 0.2) is 97.6 Å². The van der Waals surface area contributed by atoms with Crippen LogP contribution in [-0.2, 0) is 70.5 Å². The van der Waals surface area contributed by atoms with Crippen molar-refractivity contribution >= 4 is 89.5 Å². The summed E-state index contributed by atoms with van der Waals surface area (Å²) in [7, 11) is 0. The fourth-order valence-corrected chi connectivity index (χ4v) is 10.8. The Labute approximate surface area is 416 Å². The molecule has 20 nitrogen and oxygen atoms in total. The molecule has 4 amide bonds. The van der Waals surface area contributed by atoms with E-state index in [1.807, 2.05) is 72.8 Å². The number of pyridine rings is 4. The monoisotopic (exact) mass is 1010 g/mol. The van der Waals surface area contributed by atoms with Gasteiger partial charge in [-0.3, -0.25) is 39.1 Å². The van der Waals surface area contributed by atoms with Gasteiger partial charge in [0.2, 0.25) is 44.2 Å². The lowest BCUT2D eigenvalue weighted by molar-refractivity contribution is -0.116. The van der Waals surface area contributed by atoms with E-state index in [4.69, 9.17) is 0 Å². The number of hydrogen-bond donors (Lipinski definition) is 4. The maximum Gasteiger partial charge on any atom is 0.232 e. The topological polar surface area (TPSA) is 271 Å². The Balaban J connectivity index is 0.000000174. The smallest absolute Gasteiger partial charge is 0.232 e. The van der Waals surface area contributed by atoms with Crippen molar-refractivity contribution in [2.75, 3.05) is 21.3 Å². The molecule has 0 aromatic carbocycles. The third-order valence-corrected chi connectivity index (χ3v) is 14.5. The maximum absolute atomic E-state index is 12.2. The normalized spacial score (nSPS) is 16.6. The number of nitrogens with zero attached hydrogens (tertiary/aromatic N) is 12. The van der Waals surface area contributed by atoms with Crippen molar-refractivity contribution < 1.29 is 19.2 Å². The fourth-order valence-electron chi connectivity index (χ4n) is 7.39. The highest BCUT2D eigenvalue weighted by Gasteiger charge is 2.39. The van der Waals surface area contributed by atoms with Crippen molar-refractivity contribution in [2.45, 2.75) is 64.2 Å². The summed E-state index contributed by atoms with van der Waals surface area (Å²) in [5, 5.41) is 50.2. The molecule has 8 heterocycles. The summed E-state index contributed by atoms with van der Waals surface area (Å²) in [5.41, 5.74) is 2.85. The summed E-state index contributed by atoms with van der Waals surface area (Å²) < 4.78 is 0. The van der Waals surface area contributed by atoms with Gasteiger partial charge in [0.05, 0.1) is 25.7 Å². The first kappa shape index (κ1) is 47.8. The van der Waals surface area contributed by atoms with E-state index in [1.165, 1.54) is 45.3 Å². The second kappa shape index (κ2) is 23.3. The molecule has 8 aromatic heterocycles. The molecule has 2 aliphatic carbocycles. The molecule has 2 fully saturated rings. The van der Waals surface area contributed by atoms with Gasteiger partial charge in [-0.2, -0.15) is 0 Å². The Morgan fingerprint density at radius 1 is 0.371 bits per heavy atom. The number of rotatable bonds is 20. The van der Waals surface area contributed by atoms with Gasteiger partial charge in [-0.25, -0.2) is 0 Å². The second-order valence-corrected chi connectivity index (χ2v) is 20.8. The number of hydrogen-bond acceptors (Lipinski definition) is 20. The molecule has 4 N–H and O–H groups in total. The SMILES string of the molecule is O=C(Cc1ccccn1)Nc1nnc(C[C@@H]2C[C@H]2Cc2nnc(NC(=O)Cc3ccccn3)s2)s1.O=C(Cc1ccccn1)Nc1nnc(C[C@H]2C[C@@H]2Cc2nnc(NC(=O)Cc3ccccn3)s2)s1. The highest BCUT2D eigenvalue weighted by atomic mass is 32.1. The largest absolute Gasteiger partial charge is 0.300 e. The summed E-state index contributed by atoms with van der Waals surface area (Å²) in [4.78, 5) is 65.4. The molecule has 2 aliphatic rings. The molecule has 356 valence electrons. The first-order valence-electron chi connectivity index (χ1n) is 22.3. The van der Waals surface area contributed by atoms with Crippen LogP contribution in [0.1, 0.15) is 55.6 Å². The molecule has 0 saturated heterocycles. The van der Waals surface area contributed by atoms with E-state index in [-0.39, 0.29) is 49.3 Å². The summed E-state index contributed by atoms with van der Waals surface area (Å²) in [6.45, 7) is 0. The van der Waals surface area contributed by atoms with Crippen molar-refractivity contribution in [3.8, 4) is 0 Å². The summed E-state index contributed by atoms with van der Waals surface area (Å²) in [6.07, 6.45) is 12.9. The van der Waals surface area contributed by atoms with Crippen molar-refractivity contribution in [2.24, 2.45) is 23.7 Å². The molecule has 10 rings (SSSR count). The number of anilines is 4. The molecule has 8 aromatic rings. The molecule has 0 unspecified atom stereocenters. The Hall–Kier alpha value is -7.28. The van der Waals surface area contributed by atoms with E-state index in [0.717, 1.165) is 58.6 Å². The van der Waals surface area contributed by atoms with E-state index >= 15 is 0 Å². The zero-order valence-electron chi connectivity index (χ0n) is 37.3. The van der Waals surface area contributed by atoms with Gasteiger partial charge in [-0.05, 0) is 85.0 Å². The highest BCUT2D eigenvalue weighted by molar-refractivity contribution is 7.16. The van der Waals surface area contributed by atoms with Crippen molar-refractivity contribution in [3.05, 3.63) is 140 Å². The van der Waals surface area contributed by atoms with Crippen molar-refractivity contribution in [1.29, 1.82) is 0 Å². The van der Waals surface area contributed by atoms with E-state index in [1.54, 1.807) is 24.8 Å². The van der Waals surface area contributed by atoms with Crippen LogP contribution in [0.3, 0.4) is 0 Å². The zero-order valence-corrected chi connectivity index (χ0v) is 40.5. The quantitative estimate of drug-likeness (QED) is 0.0689. The van der Waals surface area contributed by atoms with Gasteiger partial charge in [-0.15, -0.1) is 40.8 Å². The standard InChI is InChI=1S/2C23H22N8O2S2/c2*32-18(12-16-5-1-3-7-24-16)26-22-30-28-20(34-22)10-14-9-15(14)11-21-29-31-23(35-21)27-19(33)13-17-6-2-4-8-25-17/h2*1-8,14-15H,9-13H2,(H,26,30,32)(H,27,31,33)/t2*14-,15-/m10/s1. The van der Waals surface area contributed by atoms with Crippen LogP contribution in [0.2, 0.25) is 0 Å². The number of carbonyl (C=O) groups is 4. The molecular weight excluding hydrogens is 969 g/mol. The lowest BCUT2D eigenvalue weighted by atomic mass is 10.2. The van der Waals surface area contributed by atoms with Gasteiger partial charge in [0, 0.05) is 73.2 Å². The Kier molecular flexibility index (Phi) is 15.9. The van der Waals surface area contributed by atoms with Crippen molar-refractivity contribution in [1.82, 2.24) is 60.7 Å². The average Bonchev–Trinajstić information content (AvgIpc) is 3.82. The van der Waals surface area contributed by atoms with Crippen LogP contribution >= 0.6 is 45.3 Å². The van der Waals surface area contributed by atoms with Crippen LogP contribution in [-0.4, -0.2) is 84.4 Å². The lowest BCUT2D eigenvalue weighted by Crippen LogP contribution is -2.14. The second-order valence-electron chi connectivity index (χ2n) is 16.5. The molecular formula is C46H44N16O4S4.